The standard InChI is InChI=1S/C23H19F3N2O4/c24-23(25,26)14-5-6-15-13(11-22(7-2-8-22)32-18(15)10-14)9-19(29)27-16-3-1-4-17-21(16)31-12-20(30)28-17/h1,3-6,9-10H,2,7-8,11-12H2,(H,27,29)(H,28,30). The molecule has 9 heteroatoms. The molecule has 0 radical (unpaired) electrons. The van der Waals surface area contributed by atoms with Gasteiger partial charge in [0, 0.05) is 18.1 Å². The van der Waals surface area contributed by atoms with Gasteiger partial charge in [0.15, 0.2) is 12.4 Å². The van der Waals surface area contributed by atoms with Gasteiger partial charge in [-0.2, -0.15) is 13.2 Å². The second-order valence-corrected chi connectivity index (χ2v) is 8.20. The third-order valence-electron chi connectivity index (χ3n) is 5.96. The quantitative estimate of drug-likeness (QED) is 0.655. The summed E-state index contributed by atoms with van der Waals surface area (Å²) in [5.74, 6) is -0.230. The molecule has 2 aromatic rings. The zero-order valence-corrected chi connectivity index (χ0v) is 16.8. The van der Waals surface area contributed by atoms with Crippen molar-refractivity contribution in [1.29, 1.82) is 0 Å². The Morgan fingerprint density at radius 3 is 2.72 bits per heavy atom. The van der Waals surface area contributed by atoms with Crippen molar-refractivity contribution in [1.82, 2.24) is 0 Å². The molecule has 3 aliphatic rings. The normalized spacial score (nSPS) is 19.7. The molecule has 166 valence electrons. The van der Waals surface area contributed by atoms with Gasteiger partial charge in [-0.05, 0) is 49.1 Å². The van der Waals surface area contributed by atoms with E-state index in [4.69, 9.17) is 9.47 Å². The Bertz CT molecular complexity index is 1150. The number of ether oxygens (including phenoxy) is 2. The number of para-hydroxylation sites is 1. The van der Waals surface area contributed by atoms with E-state index < -0.39 is 23.2 Å². The number of anilines is 2. The molecule has 0 saturated heterocycles. The molecule has 2 aliphatic heterocycles. The first kappa shape index (κ1) is 20.4. The van der Waals surface area contributed by atoms with E-state index in [1.54, 1.807) is 18.2 Å². The maximum atomic E-state index is 13.2. The minimum absolute atomic E-state index is 0.146. The number of carbonyl (C=O) groups is 2. The van der Waals surface area contributed by atoms with E-state index in [1.165, 1.54) is 12.1 Å². The third kappa shape index (κ3) is 3.68. The number of rotatable bonds is 2. The van der Waals surface area contributed by atoms with Crippen molar-refractivity contribution in [2.24, 2.45) is 0 Å². The largest absolute Gasteiger partial charge is 0.486 e. The smallest absolute Gasteiger partial charge is 0.416 e. The average Bonchev–Trinajstić information content (AvgIpc) is 2.71. The van der Waals surface area contributed by atoms with E-state index in [1.807, 2.05) is 0 Å². The molecule has 2 aromatic carbocycles. The van der Waals surface area contributed by atoms with Crippen LogP contribution in [0.2, 0.25) is 0 Å². The van der Waals surface area contributed by atoms with Crippen LogP contribution in [0.15, 0.2) is 42.5 Å². The summed E-state index contributed by atoms with van der Waals surface area (Å²) in [5, 5.41) is 5.42. The van der Waals surface area contributed by atoms with Crippen LogP contribution in [0.3, 0.4) is 0 Å². The molecule has 0 unspecified atom stereocenters. The summed E-state index contributed by atoms with van der Waals surface area (Å²) in [6, 6.07) is 8.33. The molecule has 2 N–H and O–H groups in total. The van der Waals surface area contributed by atoms with Gasteiger partial charge in [0.25, 0.3) is 5.91 Å². The lowest BCUT2D eigenvalue weighted by molar-refractivity contribution is -0.138. The monoisotopic (exact) mass is 444 g/mol. The Morgan fingerprint density at radius 1 is 1.19 bits per heavy atom. The highest BCUT2D eigenvalue weighted by Crippen LogP contribution is 2.50. The number of hydrogen-bond acceptors (Lipinski definition) is 4. The van der Waals surface area contributed by atoms with E-state index in [9.17, 15) is 22.8 Å². The van der Waals surface area contributed by atoms with Gasteiger partial charge in [-0.1, -0.05) is 12.1 Å². The van der Waals surface area contributed by atoms with Crippen LogP contribution in [0.1, 0.15) is 36.8 Å². The van der Waals surface area contributed by atoms with Crippen LogP contribution in [-0.4, -0.2) is 24.0 Å². The molecule has 5 rings (SSSR count). The maximum Gasteiger partial charge on any atom is 0.416 e. The summed E-state index contributed by atoms with van der Waals surface area (Å²) < 4.78 is 51.0. The van der Waals surface area contributed by atoms with Crippen molar-refractivity contribution in [2.45, 2.75) is 37.5 Å². The summed E-state index contributed by atoms with van der Waals surface area (Å²) >= 11 is 0. The van der Waals surface area contributed by atoms with Crippen molar-refractivity contribution >= 4 is 28.8 Å². The molecular formula is C23H19F3N2O4. The van der Waals surface area contributed by atoms with E-state index >= 15 is 0 Å². The number of amides is 2. The highest BCUT2D eigenvalue weighted by molar-refractivity contribution is 6.07. The van der Waals surface area contributed by atoms with Crippen molar-refractivity contribution in [3.05, 3.63) is 53.6 Å². The first-order chi connectivity index (χ1) is 15.2. The Kier molecular flexibility index (Phi) is 4.65. The molecule has 1 aliphatic carbocycles. The fourth-order valence-corrected chi connectivity index (χ4v) is 4.28. The molecule has 2 heterocycles. The summed E-state index contributed by atoms with van der Waals surface area (Å²) in [5.41, 5.74) is 0.591. The lowest BCUT2D eigenvalue weighted by atomic mass is 9.72. The molecule has 6 nitrogen and oxygen atoms in total. The van der Waals surface area contributed by atoms with E-state index in [0.717, 1.165) is 31.4 Å². The molecule has 1 fully saturated rings. The first-order valence-corrected chi connectivity index (χ1v) is 10.2. The Morgan fingerprint density at radius 2 is 2.00 bits per heavy atom. The van der Waals surface area contributed by atoms with Gasteiger partial charge in [-0.25, -0.2) is 0 Å². The first-order valence-electron chi connectivity index (χ1n) is 10.2. The number of nitrogens with one attached hydrogen (secondary N) is 2. The minimum atomic E-state index is -4.48. The Hall–Kier alpha value is -3.49. The van der Waals surface area contributed by atoms with Crippen molar-refractivity contribution in [2.75, 3.05) is 17.2 Å². The molecule has 1 spiro atoms. The van der Waals surface area contributed by atoms with Crippen LogP contribution in [0.4, 0.5) is 24.5 Å². The van der Waals surface area contributed by atoms with Gasteiger partial charge in [-0.3, -0.25) is 9.59 Å². The van der Waals surface area contributed by atoms with E-state index in [2.05, 4.69) is 10.6 Å². The Labute approximate surface area is 181 Å². The molecule has 2 amide bonds. The van der Waals surface area contributed by atoms with Crippen LogP contribution in [-0.2, 0) is 15.8 Å². The van der Waals surface area contributed by atoms with Crippen LogP contribution < -0.4 is 20.1 Å². The van der Waals surface area contributed by atoms with Gasteiger partial charge in [-0.15, -0.1) is 0 Å². The van der Waals surface area contributed by atoms with Crippen LogP contribution in [0.25, 0.3) is 5.57 Å². The zero-order chi connectivity index (χ0) is 22.5. The number of fused-ring (bicyclic) bond motifs is 2. The number of alkyl halides is 3. The minimum Gasteiger partial charge on any atom is -0.486 e. The van der Waals surface area contributed by atoms with Crippen molar-refractivity contribution in [3.8, 4) is 11.5 Å². The SMILES string of the molecule is O=C(C=C1CC2(CCC2)Oc2cc(C(F)(F)F)ccc21)Nc1cccc2c1OCC(=O)N2. The van der Waals surface area contributed by atoms with Crippen molar-refractivity contribution in [3.63, 3.8) is 0 Å². The Balaban J connectivity index is 1.46. The highest BCUT2D eigenvalue weighted by Gasteiger charge is 2.44. The van der Waals surface area contributed by atoms with Crippen LogP contribution in [0.5, 0.6) is 11.5 Å². The van der Waals surface area contributed by atoms with Gasteiger partial charge in [0.1, 0.15) is 11.4 Å². The summed E-state index contributed by atoms with van der Waals surface area (Å²) in [6.07, 6.45) is -0.269. The van der Waals surface area contributed by atoms with Gasteiger partial charge < -0.3 is 20.1 Å². The average molecular weight is 444 g/mol. The number of carbonyl (C=O) groups excluding carboxylic acids is 2. The third-order valence-corrected chi connectivity index (χ3v) is 5.96. The van der Waals surface area contributed by atoms with Crippen LogP contribution >= 0.6 is 0 Å². The lowest BCUT2D eigenvalue weighted by Crippen LogP contribution is -2.45. The highest BCUT2D eigenvalue weighted by atomic mass is 19.4. The number of halogens is 3. The fraction of sp³-hybridized carbons (Fsp3) is 0.304. The molecule has 0 atom stereocenters. The second-order valence-electron chi connectivity index (χ2n) is 8.20. The van der Waals surface area contributed by atoms with Gasteiger partial charge >= 0.3 is 6.18 Å². The van der Waals surface area contributed by atoms with E-state index in [0.29, 0.717) is 34.7 Å². The molecule has 32 heavy (non-hydrogen) atoms. The number of benzene rings is 2. The number of hydrogen-bond donors (Lipinski definition) is 2. The fourth-order valence-electron chi connectivity index (χ4n) is 4.28. The predicted octanol–water partition coefficient (Wildman–Crippen LogP) is 4.76. The van der Waals surface area contributed by atoms with Crippen LogP contribution in [0, 0.1) is 0 Å². The molecular weight excluding hydrogens is 425 g/mol. The maximum absolute atomic E-state index is 13.2. The predicted molar refractivity (Wildman–Crippen MR) is 110 cm³/mol. The topological polar surface area (TPSA) is 76.7 Å². The summed E-state index contributed by atoms with van der Waals surface area (Å²) in [4.78, 5) is 24.3. The van der Waals surface area contributed by atoms with Crippen molar-refractivity contribution < 1.29 is 32.2 Å². The van der Waals surface area contributed by atoms with Gasteiger partial charge in [0.2, 0.25) is 5.91 Å². The second kappa shape index (κ2) is 7.29. The summed E-state index contributed by atoms with van der Waals surface area (Å²) in [7, 11) is 0. The van der Waals surface area contributed by atoms with E-state index in [-0.39, 0.29) is 18.3 Å². The molecule has 1 saturated carbocycles. The zero-order valence-electron chi connectivity index (χ0n) is 16.8. The molecule has 0 bridgehead atoms. The summed E-state index contributed by atoms with van der Waals surface area (Å²) in [6.45, 7) is -0.157. The lowest BCUT2D eigenvalue weighted by Gasteiger charge is -2.46. The molecule has 0 aromatic heterocycles. The van der Waals surface area contributed by atoms with Gasteiger partial charge in [0.05, 0.1) is 16.9 Å².